The molecule has 2 aromatic carbocycles. The second-order valence-electron chi connectivity index (χ2n) is 8.25. The van der Waals surface area contributed by atoms with Crippen molar-refractivity contribution in [3.05, 3.63) is 76.3 Å². The summed E-state index contributed by atoms with van der Waals surface area (Å²) in [5.74, 6) is -1.76. The van der Waals surface area contributed by atoms with Crippen molar-refractivity contribution in [1.29, 1.82) is 0 Å². The minimum Gasteiger partial charge on any atom is -0.454 e. The van der Waals surface area contributed by atoms with Gasteiger partial charge in [-0.25, -0.2) is 8.78 Å². The average Bonchev–Trinajstić information content (AvgIpc) is 3.25. The summed E-state index contributed by atoms with van der Waals surface area (Å²) in [7, 11) is 1.60. The molecular formula is C25H24F2N4O3S. The number of benzene rings is 2. The lowest BCUT2D eigenvalue weighted by Gasteiger charge is -2.15. The van der Waals surface area contributed by atoms with E-state index in [4.69, 9.17) is 4.74 Å². The largest absolute Gasteiger partial charge is 0.454 e. The summed E-state index contributed by atoms with van der Waals surface area (Å²) in [6, 6.07) is 9.81. The summed E-state index contributed by atoms with van der Waals surface area (Å²) in [6.07, 6.45) is 3.50. The topological polar surface area (TPSA) is 88.2 Å². The number of H-pyrrole nitrogens is 1. The first-order valence-electron chi connectivity index (χ1n) is 10.8. The second kappa shape index (κ2) is 9.83. The van der Waals surface area contributed by atoms with Crippen LogP contribution in [0.4, 0.5) is 14.5 Å². The van der Waals surface area contributed by atoms with Crippen molar-refractivity contribution in [3.63, 3.8) is 0 Å². The van der Waals surface area contributed by atoms with Crippen LogP contribution in [0.5, 0.6) is 11.5 Å². The van der Waals surface area contributed by atoms with Crippen LogP contribution in [-0.4, -0.2) is 27.8 Å². The molecule has 0 bridgehead atoms. The molecular weight excluding hydrogens is 474 g/mol. The lowest BCUT2D eigenvalue weighted by Crippen LogP contribution is -2.30. The van der Waals surface area contributed by atoms with E-state index in [0.29, 0.717) is 16.5 Å². The number of fused-ring (bicyclic) bond motifs is 1. The maximum Gasteiger partial charge on any atom is 0.274 e. The maximum absolute atomic E-state index is 14.4. The van der Waals surface area contributed by atoms with Gasteiger partial charge >= 0.3 is 0 Å². The number of amides is 1. The molecule has 0 aliphatic rings. The molecule has 0 saturated carbocycles. The van der Waals surface area contributed by atoms with Crippen LogP contribution >= 0.6 is 11.9 Å². The summed E-state index contributed by atoms with van der Waals surface area (Å²) >= 11 is 1.39. The Labute approximate surface area is 204 Å². The Morgan fingerprint density at radius 3 is 2.51 bits per heavy atom. The van der Waals surface area contributed by atoms with Gasteiger partial charge in [0.05, 0.1) is 0 Å². The normalized spacial score (nSPS) is 11.2. The minimum absolute atomic E-state index is 0.0869. The van der Waals surface area contributed by atoms with Gasteiger partial charge in [0.1, 0.15) is 22.8 Å². The quantitative estimate of drug-likeness (QED) is 0.296. The lowest BCUT2D eigenvalue weighted by molar-refractivity contribution is 0.0939. The van der Waals surface area contributed by atoms with E-state index >= 15 is 0 Å². The Kier molecular flexibility index (Phi) is 6.83. The van der Waals surface area contributed by atoms with E-state index in [1.54, 1.807) is 37.5 Å². The van der Waals surface area contributed by atoms with Gasteiger partial charge in [0.2, 0.25) is 0 Å². The Balaban J connectivity index is 1.92. The number of hydrogen-bond acceptors (Lipinski definition) is 5. The number of hydrogen-bond donors (Lipinski definition) is 3. The molecule has 7 nitrogen and oxygen atoms in total. The number of carbonyl (C=O) groups excluding carboxylic acids is 1. The number of rotatable bonds is 7. The van der Waals surface area contributed by atoms with E-state index in [9.17, 15) is 18.4 Å². The lowest BCUT2D eigenvalue weighted by atomic mass is 10.0. The van der Waals surface area contributed by atoms with Crippen LogP contribution in [-0.2, 0) is 7.05 Å². The summed E-state index contributed by atoms with van der Waals surface area (Å²) in [6.45, 7) is 3.68. The third-order valence-electron chi connectivity index (χ3n) is 5.23. The first-order valence-corrected chi connectivity index (χ1v) is 12.0. The first-order chi connectivity index (χ1) is 16.7. The first kappa shape index (κ1) is 24.3. The van der Waals surface area contributed by atoms with Gasteiger partial charge in [-0.3, -0.25) is 9.59 Å². The molecule has 0 aliphatic heterocycles. The predicted octanol–water partition coefficient (Wildman–Crippen LogP) is 5.43. The minimum atomic E-state index is -0.845. The fraction of sp³-hybridized carbons (Fsp3) is 0.200. The highest BCUT2D eigenvalue weighted by atomic mass is 32.2. The van der Waals surface area contributed by atoms with Gasteiger partial charge in [-0.05, 0) is 50.2 Å². The van der Waals surface area contributed by atoms with E-state index in [1.807, 2.05) is 20.1 Å². The number of ether oxygens (including phenoxy) is 1. The van der Waals surface area contributed by atoms with Gasteiger partial charge < -0.3 is 24.3 Å². The number of carbonyl (C=O) groups is 1. The van der Waals surface area contributed by atoms with Crippen LogP contribution < -0.4 is 20.3 Å². The zero-order chi connectivity index (χ0) is 25.3. The molecule has 0 spiro atoms. The van der Waals surface area contributed by atoms with Crippen molar-refractivity contribution in [2.45, 2.75) is 19.9 Å². The fourth-order valence-electron chi connectivity index (χ4n) is 3.70. The molecule has 182 valence electrons. The highest BCUT2D eigenvalue weighted by Gasteiger charge is 2.20. The molecule has 10 heteroatoms. The number of anilines is 1. The smallest absolute Gasteiger partial charge is 0.274 e. The molecule has 0 saturated heterocycles. The van der Waals surface area contributed by atoms with E-state index in [1.165, 1.54) is 22.6 Å². The molecule has 0 fully saturated rings. The number of aromatic amines is 1. The maximum atomic E-state index is 14.4. The summed E-state index contributed by atoms with van der Waals surface area (Å²) < 4.78 is 38.2. The van der Waals surface area contributed by atoms with E-state index in [2.05, 4.69) is 15.0 Å². The van der Waals surface area contributed by atoms with Gasteiger partial charge in [0.25, 0.3) is 11.5 Å². The van der Waals surface area contributed by atoms with Gasteiger partial charge in [-0.2, -0.15) is 0 Å². The average molecular weight is 499 g/mol. The second-order valence-corrected chi connectivity index (χ2v) is 8.86. The van der Waals surface area contributed by atoms with Crippen molar-refractivity contribution < 1.29 is 18.3 Å². The molecule has 4 aromatic rings. The van der Waals surface area contributed by atoms with Crippen molar-refractivity contribution in [1.82, 2.24) is 14.9 Å². The van der Waals surface area contributed by atoms with Gasteiger partial charge in [-0.1, -0.05) is 11.9 Å². The number of halogens is 2. The van der Waals surface area contributed by atoms with Crippen LogP contribution in [0.15, 0.2) is 53.5 Å². The molecule has 4 rings (SSSR count). The molecule has 2 heterocycles. The van der Waals surface area contributed by atoms with Crippen LogP contribution in [0.3, 0.4) is 0 Å². The molecule has 0 unspecified atom stereocenters. The number of nitrogens with zero attached hydrogens (tertiary/aromatic N) is 1. The SMILES string of the molecule is CSNc1ccc(Oc2ccc(F)cc2F)c(-c2cn(C)c(=O)c3[nH]c(C(=O)NC(C)C)cc23)c1. The van der Waals surface area contributed by atoms with Gasteiger partial charge in [0.15, 0.2) is 11.6 Å². The van der Waals surface area contributed by atoms with Crippen LogP contribution in [0, 0.1) is 11.6 Å². The summed E-state index contributed by atoms with van der Waals surface area (Å²) in [5.41, 5.74) is 2.06. The van der Waals surface area contributed by atoms with Crippen molar-refractivity contribution in [2.75, 3.05) is 11.0 Å². The number of nitrogens with one attached hydrogen (secondary N) is 3. The molecule has 0 aliphatic carbocycles. The van der Waals surface area contributed by atoms with Crippen molar-refractivity contribution >= 4 is 34.4 Å². The van der Waals surface area contributed by atoms with E-state index in [-0.39, 0.29) is 40.2 Å². The highest BCUT2D eigenvalue weighted by molar-refractivity contribution is 7.99. The predicted molar refractivity (Wildman–Crippen MR) is 135 cm³/mol. The third-order valence-corrected chi connectivity index (χ3v) is 5.67. The molecule has 0 atom stereocenters. The van der Waals surface area contributed by atoms with Gasteiger partial charge in [0, 0.05) is 53.8 Å². The number of pyridine rings is 1. The van der Waals surface area contributed by atoms with E-state index < -0.39 is 11.6 Å². The fourth-order valence-corrected chi connectivity index (χ4v) is 4.06. The van der Waals surface area contributed by atoms with Crippen LogP contribution in [0.2, 0.25) is 0 Å². The molecule has 2 aromatic heterocycles. The third kappa shape index (κ3) is 5.02. The zero-order valence-electron chi connectivity index (χ0n) is 19.5. The highest BCUT2D eigenvalue weighted by Crippen LogP contribution is 2.39. The molecule has 35 heavy (non-hydrogen) atoms. The molecule has 1 amide bonds. The summed E-state index contributed by atoms with van der Waals surface area (Å²) in [5, 5.41) is 3.31. The van der Waals surface area contributed by atoms with Crippen molar-refractivity contribution in [3.8, 4) is 22.6 Å². The standard InChI is InChI=1S/C25H24F2N4O3S/c1-13(2)28-24(32)20-11-17-18(12-31(3)25(33)23(17)29-20)16-10-15(30-35-4)6-8-21(16)34-22-7-5-14(26)9-19(22)27/h5-13,29-30H,1-4H3,(H,28,32). The van der Waals surface area contributed by atoms with Crippen LogP contribution in [0.1, 0.15) is 24.3 Å². The Morgan fingerprint density at radius 1 is 1.09 bits per heavy atom. The van der Waals surface area contributed by atoms with Crippen molar-refractivity contribution in [2.24, 2.45) is 7.05 Å². The van der Waals surface area contributed by atoms with Gasteiger partial charge in [-0.15, -0.1) is 0 Å². The Morgan fingerprint density at radius 2 is 1.83 bits per heavy atom. The molecule has 3 N–H and O–H groups in total. The Bertz CT molecular complexity index is 1480. The zero-order valence-corrected chi connectivity index (χ0v) is 20.3. The molecule has 0 radical (unpaired) electrons. The Hall–Kier alpha value is -3.79. The van der Waals surface area contributed by atoms with Crippen LogP contribution in [0.25, 0.3) is 22.0 Å². The summed E-state index contributed by atoms with van der Waals surface area (Å²) in [4.78, 5) is 28.4. The van der Waals surface area contributed by atoms with E-state index in [0.717, 1.165) is 17.8 Å². The monoisotopic (exact) mass is 498 g/mol. The number of aryl methyl sites for hydroxylation is 1. The number of aromatic nitrogens is 2.